The fourth-order valence-corrected chi connectivity index (χ4v) is 4.44. The van der Waals surface area contributed by atoms with E-state index in [9.17, 15) is 0 Å². The number of rotatable bonds is 11. The van der Waals surface area contributed by atoms with Crippen molar-refractivity contribution in [2.24, 2.45) is 0 Å². The van der Waals surface area contributed by atoms with E-state index in [1.54, 1.807) is 19.4 Å². The van der Waals surface area contributed by atoms with E-state index in [1.165, 1.54) is 17.6 Å². The molecule has 0 fully saturated rings. The van der Waals surface area contributed by atoms with Gasteiger partial charge in [-0.1, -0.05) is 31.0 Å². The lowest BCUT2D eigenvalue weighted by molar-refractivity contribution is 0.153. The van der Waals surface area contributed by atoms with E-state index in [-0.39, 0.29) is 0 Å². The number of hydrogen-bond donors (Lipinski definition) is 2. The summed E-state index contributed by atoms with van der Waals surface area (Å²) >= 11 is 1.51. The summed E-state index contributed by atoms with van der Waals surface area (Å²) < 4.78 is 6.03. The Morgan fingerprint density at radius 3 is 2.67 bits per heavy atom. The number of aryl methyl sites for hydroxylation is 1. The lowest BCUT2D eigenvalue weighted by atomic mass is 10.2. The van der Waals surface area contributed by atoms with Crippen LogP contribution in [-0.2, 0) is 4.74 Å². The van der Waals surface area contributed by atoms with Crippen molar-refractivity contribution in [1.29, 1.82) is 5.41 Å². The van der Waals surface area contributed by atoms with Gasteiger partial charge in [-0.15, -0.1) is 10.2 Å². The maximum absolute atomic E-state index is 7.67. The summed E-state index contributed by atoms with van der Waals surface area (Å²) in [4.78, 5) is 13.3. The van der Waals surface area contributed by atoms with Crippen LogP contribution >= 0.6 is 11.3 Å². The fraction of sp³-hybridized carbons (Fsp3) is 0.409. The Bertz CT molecular complexity index is 1130. The van der Waals surface area contributed by atoms with Gasteiger partial charge in [0.05, 0.1) is 28.6 Å². The van der Waals surface area contributed by atoms with Gasteiger partial charge in [0.1, 0.15) is 17.6 Å². The van der Waals surface area contributed by atoms with E-state index in [0.29, 0.717) is 19.0 Å². The molecule has 0 aliphatic carbocycles. The van der Waals surface area contributed by atoms with Crippen LogP contribution in [0.2, 0.25) is 25.7 Å². The highest BCUT2D eigenvalue weighted by molar-refractivity contribution is 7.15. The zero-order valence-electron chi connectivity index (χ0n) is 20.1. The van der Waals surface area contributed by atoms with Crippen molar-refractivity contribution in [2.45, 2.75) is 32.6 Å². The number of nitrogens with zero attached hydrogens (tertiary/aromatic N) is 6. The molecule has 3 rings (SSSR count). The smallest absolute Gasteiger partial charge is 0.215 e. The van der Waals surface area contributed by atoms with E-state index in [2.05, 4.69) is 40.1 Å². The third-order valence-electron chi connectivity index (χ3n) is 4.96. The van der Waals surface area contributed by atoms with Gasteiger partial charge in [-0.05, 0) is 31.2 Å². The molecule has 176 valence electrons. The highest BCUT2D eigenvalue weighted by atomic mass is 32.1. The molecular formula is C22H32N8OSSi. The van der Waals surface area contributed by atoms with E-state index >= 15 is 0 Å². The molecule has 0 spiro atoms. The second kappa shape index (κ2) is 10.8. The summed E-state index contributed by atoms with van der Waals surface area (Å²) in [6.45, 7) is 10.0. The van der Waals surface area contributed by atoms with Crippen molar-refractivity contribution in [3.05, 3.63) is 41.3 Å². The molecule has 11 heteroatoms. The van der Waals surface area contributed by atoms with Crippen molar-refractivity contribution < 1.29 is 4.74 Å². The van der Waals surface area contributed by atoms with Gasteiger partial charge in [-0.25, -0.2) is 4.98 Å². The Hall–Kier alpha value is -2.89. The molecule has 0 aliphatic rings. The molecule has 0 aliphatic heterocycles. The van der Waals surface area contributed by atoms with Gasteiger partial charge < -0.3 is 20.4 Å². The van der Waals surface area contributed by atoms with Gasteiger partial charge in [0, 0.05) is 41.2 Å². The Labute approximate surface area is 200 Å². The molecule has 0 atom stereocenters. The number of ether oxygens (including phenoxy) is 1. The third kappa shape index (κ3) is 6.56. The van der Waals surface area contributed by atoms with Crippen LogP contribution < -0.4 is 15.1 Å². The zero-order chi connectivity index (χ0) is 24.0. The molecule has 0 bridgehead atoms. The standard InChI is InChI=1S/C22H32N8OSSi/c1-16-27-28-22(32-16)30(15-31-9-10-33(4,5)6)21-8-7-19-20(26-21)11-17(14-25-19)29(3)18(12-23)13-24-2/h7-8,11-14,23-24H,9-10,15H2,1-6H3/b18-13+,23-12?. The Morgan fingerprint density at radius 1 is 1.24 bits per heavy atom. The largest absolute Gasteiger partial charge is 0.392 e. The molecule has 3 aromatic rings. The first-order valence-electron chi connectivity index (χ1n) is 10.8. The van der Waals surface area contributed by atoms with Crippen molar-refractivity contribution in [3.8, 4) is 0 Å². The Balaban J connectivity index is 1.91. The fourth-order valence-electron chi connectivity index (χ4n) is 3.00. The average molecular weight is 485 g/mol. The number of hydrogen-bond acceptors (Lipinski definition) is 10. The maximum Gasteiger partial charge on any atom is 0.215 e. The highest BCUT2D eigenvalue weighted by Crippen LogP contribution is 2.29. The number of nitrogens with one attached hydrogen (secondary N) is 2. The molecule has 0 amide bonds. The van der Waals surface area contributed by atoms with E-state index in [1.807, 2.05) is 42.0 Å². The van der Waals surface area contributed by atoms with E-state index < -0.39 is 8.07 Å². The van der Waals surface area contributed by atoms with Crippen LogP contribution in [0.25, 0.3) is 11.0 Å². The Kier molecular flexibility index (Phi) is 8.11. The predicted octanol–water partition coefficient (Wildman–Crippen LogP) is 4.39. The minimum Gasteiger partial charge on any atom is -0.392 e. The van der Waals surface area contributed by atoms with E-state index in [4.69, 9.17) is 15.1 Å². The molecule has 33 heavy (non-hydrogen) atoms. The van der Waals surface area contributed by atoms with E-state index in [0.717, 1.165) is 38.7 Å². The van der Waals surface area contributed by atoms with Crippen molar-refractivity contribution >= 4 is 53.3 Å². The second-order valence-corrected chi connectivity index (χ2v) is 15.6. The first-order valence-corrected chi connectivity index (χ1v) is 15.3. The number of aromatic nitrogens is 4. The Morgan fingerprint density at radius 2 is 2.03 bits per heavy atom. The summed E-state index contributed by atoms with van der Waals surface area (Å²) in [5.41, 5.74) is 3.08. The summed E-state index contributed by atoms with van der Waals surface area (Å²) in [5.74, 6) is 0.728. The summed E-state index contributed by atoms with van der Waals surface area (Å²) in [6.07, 6.45) is 4.84. The van der Waals surface area contributed by atoms with Gasteiger partial charge in [0.2, 0.25) is 5.13 Å². The number of anilines is 3. The van der Waals surface area contributed by atoms with Gasteiger partial charge in [-0.2, -0.15) is 0 Å². The van der Waals surface area contributed by atoms with Crippen LogP contribution in [0.5, 0.6) is 0 Å². The van der Waals surface area contributed by atoms with Crippen LogP contribution in [0, 0.1) is 12.3 Å². The predicted molar refractivity (Wildman–Crippen MR) is 140 cm³/mol. The average Bonchev–Trinajstić information content (AvgIpc) is 3.21. The van der Waals surface area contributed by atoms with Crippen LogP contribution in [0.4, 0.5) is 16.6 Å². The second-order valence-electron chi connectivity index (χ2n) is 8.84. The molecule has 0 saturated heterocycles. The number of pyridine rings is 2. The van der Waals surface area contributed by atoms with Crippen molar-refractivity contribution in [2.75, 3.05) is 37.2 Å². The van der Waals surface area contributed by atoms with Crippen LogP contribution in [-0.4, -0.2) is 61.9 Å². The molecular weight excluding hydrogens is 452 g/mol. The minimum absolute atomic E-state index is 0.355. The van der Waals surface area contributed by atoms with Gasteiger partial charge in [0.15, 0.2) is 0 Å². The first-order chi connectivity index (χ1) is 15.7. The lowest BCUT2D eigenvalue weighted by Crippen LogP contribution is -2.26. The number of fused-ring (bicyclic) bond motifs is 1. The van der Waals surface area contributed by atoms with Crippen LogP contribution in [0.15, 0.2) is 36.3 Å². The monoisotopic (exact) mass is 484 g/mol. The summed E-state index contributed by atoms with van der Waals surface area (Å²) in [7, 11) is 2.52. The SMILES string of the molecule is CN/C=C(\C=N)N(C)c1cnc2ccc(N(COCC[Si](C)(C)C)c3nnc(C)s3)nc2c1. The maximum atomic E-state index is 7.67. The number of allylic oxidation sites excluding steroid dienone is 1. The third-order valence-corrected chi connectivity index (χ3v) is 7.53. The quantitative estimate of drug-likeness (QED) is 0.179. The molecule has 0 radical (unpaired) electrons. The minimum atomic E-state index is -1.18. The molecule has 0 aromatic carbocycles. The van der Waals surface area contributed by atoms with Gasteiger partial charge in [0.25, 0.3) is 0 Å². The highest BCUT2D eigenvalue weighted by Gasteiger charge is 2.18. The molecule has 0 unspecified atom stereocenters. The van der Waals surface area contributed by atoms with Crippen molar-refractivity contribution in [1.82, 2.24) is 25.5 Å². The van der Waals surface area contributed by atoms with Gasteiger partial charge in [-0.3, -0.25) is 9.88 Å². The zero-order valence-corrected chi connectivity index (χ0v) is 21.9. The van der Waals surface area contributed by atoms with Gasteiger partial charge >= 0.3 is 0 Å². The molecule has 9 nitrogen and oxygen atoms in total. The molecule has 3 heterocycles. The van der Waals surface area contributed by atoms with Crippen molar-refractivity contribution in [3.63, 3.8) is 0 Å². The molecule has 2 N–H and O–H groups in total. The molecule has 3 aromatic heterocycles. The first kappa shape index (κ1) is 24.7. The van der Waals surface area contributed by atoms with Crippen LogP contribution in [0.1, 0.15) is 5.01 Å². The summed E-state index contributed by atoms with van der Waals surface area (Å²) in [6, 6.07) is 6.94. The summed E-state index contributed by atoms with van der Waals surface area (Å²) in [5, 5.41) is 20.8. The normalized spacial score (nSPS) is 12.1. The topological polar surface area (TPSA) is 103 Å². The lowest BCUT2D eigenvalue weighted by Gasteiger charge is -2.23. The van der Waals surface area contributed by atoms with Crippen LogP contribution in [0.3, 0.4) is 0 Å². The molecule has 0 saturated carbocycles.